The predicted octanol–water partition coefficient (Wildman–Crippen LogP) is 1.59. The van der Waals surface area contributed by atoms with Crippen molar-refractivity contribution < 1.29 is 19.5 Å². The number of nitrogens with one attached hydrogen (secondary N) is 1. The molecule has 2 unspecified atom stereocenters. The van der Waals surface area contributed by atoms with Gasteiger partial charge in [-0.3, -0.25) is 9.59 Å². The van der Waals surface area contributed by atoms with Gasteiger partial charge >= 0.3 is 5.97 Å². The molecule has 0 bridgehead atoms. The number of carboxylic acid groups (broad SMARTS) is 1. The average Bonchev–Trinajstić information content (AvgIpc) is 2.59. The van der Waals surface area contributed by atoms with Crippen LogP contribution in [0, 0.1) is 0 Å². The molecule has 0 spiro atoms. The van der Waals surface area contributed by atoms with E-state index in [-0.39, 0.29) is 36.0 Å². The van der Waals surface area contributed by atoms with Crippen molar-refractivity contribution in [1.29, 1.82) is 0 Å². The predicted molar refractivity (Wildman–Crippen MR) is 87.6 cm³/mol. The van der Waals surface area contributed by atoms with Gasteiger partial charge < -0.3 is 15.3 Å². The lowest BCUT2D eigenvalue weighted by Gasteiger charge is -2.44. The monoisotopic (exact) mass is 330 g/mol. The number of carboxylic acids is 1. The molecule has 1 aliphatic heterocycles. The third kappa shape index (κ3) is 3.58. The van der Waals surface area contributed by atoms with E-state index in [1.165, 1.54) is 0 Å². The molecule has 2 aliphatic rings. The van der Waals surface area contributed by atoms with Gasteiger partial charge in [-0.05, 0) is 37.0 Å². The molecule has 6 heteroatoms. The van der Waals surface area contributed by atoms with E-state index in [0.29, 0.717) is 12.8 Å². The number of carbonyl (C=O) groups is 3. The number of piperazine rings is 1. The Morgan fingerprint density at radius 1 is 1.17 bits per heavy atom. The third-order valence-corrected chi connectivity index (χ3v) is 4.94. The van der Waals surface area contributed by atoms with E-state index >= 15 is 0 Å². The molecule has 1 aromatic carbocycles. The summed E-state index contributed by atoms with van der Waals surface area (Å²) in [4.78, 5) is 37.0. The minimum atomic E-state index is -0.958. The number of amides is 2. The molecule has 1 aromatic rings. The zero-order chi connectivity index (χ0) is 17.1. The van der Waals surface area contributed by atoms with Crippen LogP contribution < -0.4 is 5.32 Å². The Kier molecular flexibility index (Phi) is 4.83. The summed E-state index contributed by atoms with van der Waals surface area (Å²) in [6.07, 6.45) is 4.97. The number of hydrogen-bond donors (Lipinski definition) is 2. The average molecular weight is 330 g/mol. The number of rotatable bonds is 4. The molecule has 2 N–H and O–H groups in total. The lowest BCUT2D eigenvalue weighted by atomic mass is 9.87. The largest absolute Gasteiger partial charge is 0.478 e. The molecule has 2 fully saturated rings. The number of carbonyl (C=O) groups excluding carboxylic acids is 2. The smallest absolute Gasteiger partial charge is 0.335 e. The van der Waals surface area contributed by atoms with Crippen LogP contribution in [0.5, 0.6) is 0 Å². The van der Waals surface area contributed by atoms with Crippen LogP contribution in [0.15, 0.2) is 24.3 Å². The standard InChI is InChI=1S/C18H22N2O4/c21-16-11-20(15-4-2-1-3-14(15)19-16)17(22)10-7-12-5-8-13(9-6-12)18(23)24/h5-6,8-9,14-15H,1-4,7,10-11H2,(H,19,21)(H,23,24). The molecular formula is C18H22N2O4. The Labute approximate surface area is 140 Å². The summed E-state index contributed by atoms with van der Waals surface area (Å²) in [5.74, 6) is -1.03. The second kappa shape index (κ2) is 7.03. The quantitative estimate of drug-likeness (QED) is 0.878. The fourth-order valence-corrected chi connectivity index (χ4v) is 3.66. The lowest BCUT2D eigenvalue weighted by molar-refractivity contribution is -0.144. The van der Waals surface area contributed by atoms with Crippen LogP contribution >= 0.6 is 0 Å². The molecule has 1 saturated carbocycles. The van der Waals surface area contributed by atoms with Crippen molar-refractivity contribution in [3.05, 3.63) is 35.4 Å². The summed E-state index contributed by atoms with van der Waals surface area (Å²) in [6.45, 7) is 0.151. The Balaban J connectivity index is 1.61. The fraction of sp³-hybridized carbons (Fsp3) is 0.500. The Morgan fingerprint density at radius 3 is 2.58 bits per heavy atom. The zero-order valence-corrected chi connectivity index (χ0v) is 13.5. The fourth-order valence-electron chi connectivity index (χ4n) is 3.66. The Bertz CT molecular complexity index is 641. The first kappa shape index (κ1) is 16.5. The minimum Gasteiger partial charge on any atom is -0.478 e. The van der Waals surface area contributed by atoms with Crippen molar-refractivity contribution in [2.45, 2.75) is 50.6 Å². The summed E-state index contributed by atoms with van der Waals surface area (Å²) >= 11 is 0. The van der Waals surface area contributed by atoms with Gasteiger partial charge in [0.2, 0.25) is 11.8 Å². The maximum atomic E-state index is 12.6. The normalized spacial score (nSPS) is 23.3. The topological polar surface area (TPSA) is 86.7 Å². The molecule has 0 aromatic heterocycles. The molecule has 2 amide bonds. The molecule has 24 heavy (non-hydrogen) atoms. The van der Waals surface area contributed by atoms with E-state index in [1.54, 1.807) is 29.2 Å². The maximum absolute atomic E-state index is 12.6. The van der Waals surface area contributed by atoms with Crippen LogP contribution in [0.3, 0.4) is 0 Å². The van der Waals surface area contributed by atoms with Crippen LogP contribution in [0.4, 0.5) is 0 Å². The molecule has 2 atom stereocenters. The van der Waals surface area contributed by atoms with Crippen LogP contribution in [-0.4, -0.2) is 46.4 Å². The zero-order valence-electron chi connectivity index (χ0n) is 13.5. The summed E-state index contributed by atoms with van der Waals surface area (Å²) in [5, 5.41) is 11.9. The van der Waals surface area contributed by atoms with Crippen LogP contribution in [-0.2, 0) is 16.0 Å². The van der Waals surface area contributed by atoms with Gasteiger partial charge in [-0.2, -0.15) is 0 Å². The van der Waals surface area contributed by atoms with E-state index in [2.05, 4.69) is 5.32 Å². The van der Waals surface area contributed by atoms with Gasteiger partial charge in [0.25, 0.3) is 0 Å². The Hall–Kier alpha value is -2.37. The van der Waals surface area contributed by atoms with Gasteiger partial charge in [0.1, 0.15) is 0 Å². The summed E-state index contributed by atoms with van der Waals surface area (Å²) in [5.41, 5.74) is 1.16. The van der Waals surface area contributed by atoms with E-state index in [9.17, 15) is 14.4 Å². The number of nitrogens with zero attached hydrogens (tertiary/aromatic N) is 1. The van der Waals surface area contributed by atoms with Crippen LogP contribution in [0.2, 0.25) is 0 Å². The van der Waals surface area contributed by atoms with Gasteiger partial charge in [0, 0.05) is 12.5 Å². The SMILES string of the molecule is O=C1CN(C(=O)CCc2ccc(C(=O)O)cc2)C2CCCCC2N1. The molecule has 128 valence electrons. The number of hydrogen-bond acceptors (Lipinski definition) is 3. The number of aromatic carboxylic acids is 1. The number of benzene rings is 1. The first-order chi connectivity index (χ1) is 11.5. The maximum Gasteiger partial charge on any atom is 0.335 e. The van der Waals surface area contributed by atoms with Gasteiger partial charge in [0.05, 0.1) is 18.2 Å². The number of fused-ring (bicyclic) bond motifs is 1. The summed E-state index contributed by atoms with van der Waals surface area (Å²) in [7, 11) is 0. The van der Waals surface area contributed by atoms with E-state index < -0.39 is 5.97 Å². The molecule has 3 rings (SSSR count). The van der Waals surface area contributed by atoms with Crippen molar-refractivity contribution >= 4 is 17.8 Å². The molecule has 0 radical (unpaired) electrons. The van der Waals surface area contributed by atoms with E-state index in [0.717, 1.165) is 31.2 Å². The first-order valence-corrected chi connectivity index (χ1v) is 8.45. The molecule has 1 aliphatic carbocycles. The van der Waals surface area contributed by atoms with Crippen molar-refractivity contribution in [3.8, 4) is 0 Å². The van der Waals surface area contributed by atoms with E-state index in [4.69, 9.17) is 5.11 Å². The van der Waals surface area contributed by atoms with Gasteiger partial charge in [0.15, 0.2) is 0 Å². The molecule has 1 saturated heterocycles. The highest BCUT2D eigenvalue weighted by Gasteiger charge is 2.38. The highest BCUT2D eigenvalue weighted by atomic mass is 16.4. The summed E-state index contributed by atoms with van der Waals surface area (Å²) < 4.78 is 0. The van der Waals surface area contributed by atoms with Crippen LogP contribution in [0.25, 0.3) is 0 Å². The minimum absolute atomic E-state index is 0.00376. The Morgan fingerprint density at radius 2 is 1.88 bits per heavy atom. The third-order valence-electron chi connectivity index (χ3n) is 4.94. The highest BCUT2D eigenvalue weighted by molar-refractivity contribution is 5.88. The van der Waals surface area contributed by atoms with Crippen molar-refractivity contribution in [3.63, 3.8) is 0 Å². The van der Waals surface area contributed by atoms with Crippen LogP contribution in [0.1, 0.15) is 48.0 Å². The summed E-state index contributed by atoms with van der Waals surface area (Å²) in [6, 6.07) is 6.80. The highest BCUT2D eigenvalue weighted by Crippen LogP contribution is 2.26. The first-order valence-electron chi connectivity index (χ1n) is 8.45. The lowest BCUT2D eigenvalue weighted by Crippen LogP contribution is -2.62. The van der Waals surface area contributed by atoms with Crippen molar-refractivity contribution in [2.24, 2.45) is 0 Å². The van der Waals surface area contributed by atoms with Gasteiger partial charge in [-0.1, -0.05) is 25.0 Å². The van der Waals surface area contributed by atoms with E-state index in [1.807, 2.05) is 0 Å². The van der Waals surface area contributed by atoms with Gasteiger partial charge in [-0.25, -0.2) is 4.79 Å². The molecule has 6 nitrogen and oxygen atoms in total. The second-order valence-corrected chi connectivity index (χ2v) is 6.55. The van der Waals surface area contributed by atoms with Crippen molar-refractivity contribution in [2.75, 3.05) is 6.54 Å². The van der Waals surface area contributed by atoms with Gasteiger partial charge in [-0.15, -0.1) is 0 Å². The molecular weight excluding hydrogens is 308 g/mol. The van der Waals surface area contributed by atoms with Crippen molar-refractivity contribution in [1.82, 2.24) is 10.2 Å². The molecule has 1 heterocycles. The second-order valence-electron chi connectivity index (χ2n) is 6.55. The number of aryl methyl sites for hydroxylation is 1.